The minimum atomic E-state index is -0.516. The number of carbonyl (C=O) groups excluding carboxylic acids is 1. The maximum absolute atomic E-state index is 12.5. The van der Waals surface area contributed by atoms with Crippen molar-refractivity contribution in [2.75, 3.05) is 26.8 Å². The summed E-state index contributed by atoms with van der Waals surface area (Å²) in [6, 6.07) is 7.91. The first-order valence-corrected chi connectivity index (χ1v) is 8.04. The smallest absolute Gasteiger partial charge is 0.291 e. The molecule has 0 bridgehead atoms. The lowest BCUT2D eigenvalue weighted by atomic mass is 9.93. The van der Waals surface area contributed by atoms with Gasteiger partial charge in [-0.25, -0.2) is 4.98 Å². The Morgan fingerprint density at radius 1 is 1.46 bits per heavy atom. The number of benzene rings is 1. The lowest BCUT2D eigenvalue weighted by Crippen LogP contribution is -2.54. The van der Waals surface area contributed by atoms with Crippen molar-refractivity contribution in [1.82, 2.24) is 9.88 Å². The zero-order valence-electron chi connectivity index (χ0n) is 14.0. The standard InChI is InChI=1S/C18H22N2O4/c1-14-5-3-6-15(9-14)23-12-18(22-2)7-4-8-20(11-18)17(21)16-10-19-13-24-16/h3,5-6,9-10,13H,4,7-8,11-12H2,1-2H3. The highest BCUT2D eigenvalue weighted by molar-refractivity contribution is 5.91. The van der Waals surface area contributed by atoms with Crippen molar-refractivity contribution >= 4 is 5.91 Å². The Hall–Kier alpha value is -2.34. The van der Waals surface area contributed by atoms with Crippen LogP contribution in [0, 0.1) is 6.92 Å². The predicted octanol–water partition coefficient (Wildman–Crippen LogP) is 2.68. The molecule has 0 N–H and O–H groups in total. The molecule has 1 aliphatic heterocycles. The van der Waals surface area contributed by atoms with E-state index in [2.05, 4.69) is 4.98 Å². The highest BCUT2D eigenvalue weighted by Gasteiger charge is 2.39. The highest BCUT2D eigenvalue weighted by atomic mass is 16.5. The van der Waals surface area contributed by atoms with Crippen molar-refractivity contribution in [2.24, 2.45) is 0 Å². The Bertz CT molecular complexity index is 686. The van der Waals surface area contributed by atoms with Gasteiger partial charge in [-0.1, -0.05) is 12.1 Å². The third-order valence-electron chi connectivity index (χ3n) is 4.39. The van der Waals surface area contributed by atoms with Crippen LogP contribution in [0.2, 0.25) is 0 Å². The zero-order valence-corrected chi connectivity index (χ0v) is 14.0. The second-order valence-corrected chi connectivity index (χ2v) is 6.19. The molecule has 1 unspecified atom stereocenters. The van der Waals surface area contributed by atoms with Gasteiger partial charge in [0.2, 0.25) is 5.76 Å². The van der Waals surface area contributed by atoms with Crippen LogP contribution in [0.3, 0.4) is 0 Å². The van der Waals surface area contributed by atoms with E-state index in [1.165, 1.54) is 12.6 Å². The van der Waals surface area contributed by atoms with E-state index >= 15 is 0 Å². The van der Waals surface area contributed by atoms with Gasteiger partial charge in [-0.2, -0.15) is 0 Å². The van der Waals surface area contributed by atoms with E-state index in [1.54, 1.807) is 12.0 Å². The molecule has 6 nitrogen and oxygen atoms in total. The van der Waals surface area contributed by atoms with Gasteiger partial charge in [-0.3, -0.25) is 4.79 Å². The molecule has 0 spiro atoms. The molecular formula is C18H22N2O4. The first kappa shape index (κ1) is 16.5. The molecule has 0 radical (unpaired) electrons. The van der Waals surface area contributed by atoms with Crippen LogP contribution in [0.1, 0.15) is 29.0 Å². The summed E-state index contributed by atoms with van der Waals surface area (Å²) in [5.74, 6) is 0.899. The quantitative estimate of drug-likeness (QED) is 0.843. The third kappa shape index (κ3) is 3.59. The fourth-order valence-electron chi connectivity index (χ4n) is 3.01. The molecular weight excluding hydrogens is 308 g/mol. The maximum Gasteiger partial charge on any atom is 0.291 e. The first-order chi connectivity index (χ1) is 11.6. The number of carbonyl (C=O) groups is 1. The van der Waals surface area contributed by atoms with Gasteiger partial charge >= 0.3 is 0 Å². The molecule has 1 saturated heterocycles. The number of rotatable bonds is 5. The van der Waals surface area contributed by atoms with E-state index in [-0.39, 0.29) is 11.7 Å². The fourth-order valence-corrected chi connectivity index (χ4v) is 3.01. The van der Waals surface area contributed by atoms with Gasteiger partial charge in [0.05, 0.1) is 12.7 Å². The monoisotopic (exact) mass is 330 g/mol. The molecule has 0 saturated carbocycles. The molecule has 1 fully saturated rings. The van der Waals surface area contributed by atoms with E-state index in [1.807, 2.05) is 31.2 Å². The van der Waals surface area contributed by atoms with Crippen LogP contribution in [0.4, 0.5) is 0 Å². The lowest BCUT2D eigenvalue weighted by Gasteiger charge is -2.41. The minimum Gasteiger partial charge on any atom is -0.491 e. The molecule has 1 atom stereocenters. The Balaban J connectivity index is 1.68. The summed E-state index contributed by atoms with van der Waals surface area (Å²) in [6.07, 6.45) is 4.40. The zero-order chi connectivity index (χ0) is 17.0. The topological polar surface area (TPSA) is 64.8 Å². The minimum absolute atomic E-state index is 0.163. The van der Waals surface area contributed by atoms with E-state index in [4.69, 9.17) is 13.9 Å². The Morgan fingerprint density at radius 2 is 2.33 bits per heavy atom. The Morgan fingerprint density at radius 3 is 3.04 bits per heavy atom. The number of aromatic nitrogens is 1. The summed E-state index contributed by atoms with van der Waals surface area (Å²) in [5.41, 5.74) is 0.627. The molecule has 0 aliphatic carbocycles. The number of likely N-dealkylation sites (tertiary alicyclic amines) is 1. The number of hydrogen-bond donors (Lipinski definition) is 0. The van der Waals surface area contributed by atoms with Gasteiger partial charge in [0.1, 0.15) is 18.0 Å². The van der Waals surface area contributed by atoms with E-state index in [9.17, 15) is 4.79 Å². The van der Waals surface area contributed by atoms with E-state index in [0.29, 0.717) is 19.7 Å². The third-order valence-corrected chi connectivity index (χ3v) is 4.39. The van der Waals surface area contributed by atoms with Crippen LogP contribution in [-0.4, -0.2) is 48.2 Å². The number of aryl methyl sites for hydroxylation is 1. The number of hydrogen-bond acceptors (Lipinski definition) is 5. The second kappa shape index (κ2) is 7.05. The summed E-state index contributed by atoms with van der Waals surface area (Å²) in [6.45, 7) is 3.56. The van der Waals surface area contributed by atoms with Crippen LogP contribution >= 0.6 is 0 Å². The van der Waals surface area contributed by atoms with Crippen LogP contribution in [0.15, 0.2) is 41.3 Å². The summed E-state index contributed by atoms with van der Waals surface area (Å²) in [4.78, 5) is 18.0. The van der Waals surface area contributed by atoms with Crippen molar-refractivity contribution in [2.45, 2.75) is 25.4 Å². The summed E-state index contributed by atoms with van der Waals surface area (Å²) < 4.78 is 16.8. The van der Waals surface area contributed by atoms with Crippen LogP contribution in [0.5, 0.6) is 5.75 Å². The molecule has 24 heavy (non-hydrogen) atoms. The number of amides is 1. The Labute approximate surface area is 141 Å². The van der Waals surface area contributed by atoms with Gasteiger partial charge in [-0.05, 0) is 37.5 Å². The van der Waals surface area contributed by atoms with Gasteiger partial charge in [0.25, 0.3) is 5.91 Å². The van der Waals surface area contributed by atoms with Crippen LogP contribution in [0.25, 0.3) is 0 Å². The fraction of sp³-hybridized carbons (Fsp3) is 0.444. The molecule has 1 aromatic heterocycles. The molecule has 1 aliphatic rings. The van der Waals surface area contributed by atoms with Crippen LogP contribution in [-0.2, 0) is 4.74 Å². The number of nitrogens with zero attached hydrogens (tertiary/aromatic N) is 2. The summed E-state index contributed by atoms with van der Waals surface area (Å²) in [5, 5.41) is 0. The van der Waals surface area contributed by atoms with Gasteiger partial charge in [0.15, 0.2) is 6.39 Å². The lowest BCUT2D eigenvalue weighted by molar-refractivity contribution is -0.0828. The average molecular weight is 330 g/mol. The van der Waals surface area contributed by atoms with Crippen molar-refractivity contribution in [1.29, 1.82) is 0 Å². The van der Waals surface area contributed by atoms with Crippen molar-refractivity contribution in [3.63, 3.8) is 0 Å². The van der Waals surface area contributed by atoms with E-state index < -0.39 is 5.60 Å². The number of ether oxygens (including phenoxy) is 2. The van der Waals surface area contributed by atoms with Gasteiger partial charge < -0.3 is 18.8 Å². The van der Waals surface area contributed by atoms with E-state index in [0.717, 1.165) is 24.2 Å². The summed E-state index contributed by atoms with van der Waals surface area (Å²) in [7, 11) is 1.67. The number of piperidine rings is 1. The van der Waals surface area contributed by atoms with Gasteiger partial charge in [-0.15, -0.1) is 0 Å². The van der Waals surface area contributed by atoms with Gasteiger partial charge in [0, 0.05) is 13.7 Å². The SMILES string of the molecule is COC1(COc2cccc(C)c2)CCCN(C(=O)c2cnco2)C1. The second-order valence-electron chi connectivity index (χ2n) is 6.19. The van der Waals surface area contributed by atoms with Crippen molar-refractivity contribution < 1.29 is 18.7 Å². The molecule has 3 rings (SSSR count). The Kier molecular flexibility index (Phi) is 4.85. The number of methoxy groups -OCH3 is 1. The number of oxazole rings is 1. The highest BCUT2D eigenvalue weighted by Crippen LogP contribution is 2.27. The van der Waals surface area contributed by atoms with Crippen molar-refractivity contribution in [3.8, 4) is 5.75 Å². The first-order valence-electron chi connectivity index (χ1n) is 8.04. The molecule has 2 heterocycles. The average Bonchev–Trinajstić information content (AvgIpc) is 3.14. The molecule has 128 valence electrons. The molecule has 6 heteroatoms. The normalized spacial score (nSPS) is 20.8. The summed E-state index contributed by atoms with van der Waals surface area (Å²) >= 11 is 0. The maximum atomic E-state index is 12.5. The molecule has 1 aromatic carbocycles. The molecule has 1 amide bonds. The van der Waals surface area contributed by atoms with Crippen LogP contribution < -0.4 is 4.74 Å². The molecule has 2 aromatic rings. The van der Waals surface area contributed by atoms with Crippen molar-refractivity contribution in [3.05, 3.63) is 48.2 Å². The predicted molar refractivity (Wildman–Crippen MR) is 88.1 cm³/mol. The largest absolute Gasteiger partial charge is 0.491 e.